The second-order valence-corrected chi connectivity index (χ2v) is 8.83. The molecule has 1 saturated heterocycles. The Hall–Kier alpha value is -1.53. The lowest BCUT2D eigenvalue weighted by molar-refractivity contribution is 0.285. The molecule has 2 heterocycles. The first kappa shape index (κ1) is 17.3. The molecule has 0 aliphatic carbocycles. The van der Waals surface area contributed by atoms with Crippen molar-refractivity contribution in [1.82, 2.24) is 9.78 Å². The highest BCUT2D eigenvalue weighted by Crippen LogP contribution is 2.29. The van der Waals surface area contributed by atoms with Crippen molar-refractivity contribution in [3.05, 3.63) is 35.6 Å². The smallest absolute Gasteiger partial charge is 0.150 e. The molecule has 0 bridgehead atoms. The lowest BCUT2D eigenvalue weighted by atomic mass is 10.1. The van der Waals surface area contributed by atoms with E-state index < -0.39 is 9.84 Å². The molecule has 0 amide bonds. The summed E-state index contributed by atoms with van der Waals surface area (Å²) in [5.74, 6) is 1.49. The Morgan fingerprint density at radius 1 is 1.33 bits per heavy atom. The number of hydrogen-bond acceptors (Lipinski definition) is 4. The highest BCUT2D eigenvalue weighted by atomic mass is 35.5. The van der Waals surface area contributed by atoms with E-state index in [1.165, 1.54) is 0 Å². The van der Waals surface area contributed by atoms with Gasteiger partial charge in [0.05, 0.1) is 24.3 Å². The Kier molecular flexibility index (Phi) is 5.15. The van der Waals surface area contributed by atoms with Crippen LogP contribution < -0.4 is 4.74 Å². The summed E-state index contributed by atoms with van der Waals surface area (Å²) in [5.41, 5.74) is 1.95. The average Bonchev–Trinajstić information content (AvgIpc) is 3.13. The maximum atomic E-state index is 11.5. The summed E-state index contributed by atoms with van der Waals surface area (Å²) in [7, 11) is -2.83. The van der Waals surface area contributed by atoms with Crippen molar-refractivity contribution in [2.45, 2.75) is 26.3 Å². The van der Waals surface area contributed by atoms with Gasteiger partial charge in [0.25, 0.3) is 0 Å². The number of halogens is 1. The van der Waals surface area contributed by atoms with E-state index in [2.05, 4.69) is 5.10 Å². The van der Waals surface area contributed by atoms with Crippen LogP contribution in [0.4, 0.5) is 0 Å². The van der Waals surface area contributed by atoms with Crippen LogP contribution in [0.5, 0.6) is 5.75 Å². The minimum absolute atomic E-state index is 0.205. The van der Waals surface area contributed by atoms with Crippen LogP contribution in [0.3, 0.4) is 0 Å². The molecular formula is C17H21ClN2O3S. The van der Waals surface area contributed by atoms with Crippen molar-refractivity contribution in [3.8, 4) is 16.9 Å². The van der Waals surface area contributed by atoms with Gasteiger partial charge < -0.3 is 4.74 Å². The molecule has 1 aromatic heterocycles. The van der Waals surface area contributed by atoms with Crippen LogP contribution in [0.15, 0.2) is 30.6 Å². The molecule has 0 spiro atoms. The molecule has 2 aromatic rings. The maximum Gasteiger partial charge on any atom is 0.150 e. The third-order valence-electron chi connectivity index (χ3n) is 4.28. The lowest BCUT2D eigenvalue weighted by Crippen LogP contribution is -2.09. The van der Waals surface area contributed by atoms with E-state index in [1.807, 2.05) is 36.1 Å². The Morgan fingerprint density at radius 2 is 2.17 bits per heavy atom. The number of hydrogen-bond donors (Lipinski definition) is 0. The van der Waals surface area contributed by atoms with Crippen molar-refractivity contribution in [2.24, 2.45) is 5.92 Å². The molecule has 0 radical (unpaired) electrons. The molecular weight excluding hydrogens is 348 g/mol. The van der Waals surface area contributed by atoms with Crippen molar-refractivity contribution < 1.29 is 13.2 Å². The summed E-state index contributed by atoms with van der Waals surface area (Å²) in [6.45, 7) is 3.34. The molecule has 1 aliphatic rings. The number of rotatable bonds is 6. The maximum absolute atomic E-state index is 11.5. The molecule has 5 nitrogen and oxygen atoms in total. The fourth-order valence-electron chi connectivity index (χ4n) is 2.94. The van der Waals surface area contributed by atoms with Gasteiger partial charge in [0, 0.05) is 23.3 Å². The molecule has 0 saturated carbocycles. The fourth-order valence-corrected chi connectivity index (χ4v) is 5.08. The molecule has 130 valence electrons. The van der Waals surface area contributed by atoms with Gasteiger partial charge in [-0.15, -0.1) is 0 Å². The van der Waals surface area contributed by atoms with Gasteiger partial charge in [-0.2, -0.15) is 5.10 Å². The minimum atomic E-state index is -2.83. The third kappa shape index (κ3) is 4.30. The first-order valence-electron chi connectivity index (χ1n) is 8.12. The molecule has 0 N–H and O–H groups in total. The third-order valence-corrected chi connectivity index (χ3v) is 6.34. The van der Waals surface area contributed by atoms with Crippen molar-refractivity contribution in [2.75, 3.05) is 18.1 Å². The van der Waals surface area contributed by atoms with Crippen molar-refractivity contribution in [3.63, 3.8) is 0 Å². The van der Waals surface area contributed by atoms with Crippen LogP contribution in [-0.2, 0) is 16.4 Å². The average molecular weight is 369 g/mol. The number of aromatic nitrogens is 2. The molecule has 3 rings (SSSR count). The zero-order valence-electron chi connectivity index (χ0n) is 13.6. The summed E-state index contributed by atoms with van der Waals surface area (Å²) in [4.78, 5) is 0. The van der Waals surface area contributed by atoms with Crippen LogP contribution in [0, 0.1) is 5.92 Å². The van der Waals surface area contributed by atoms with Gasteiger partial charge in [0.15, 0.2) is 9.84 Å². The van der Waals surface area contributed by atoms with E-state index in [9.17, 15) is 8.42 Å². The van der Waals surface area contributed by atoms with Gasteiger partial charge >= 0.3 is 0 Å². The molecule has 7 heteroatoms. The Labute approximate surface area is 147 Å². The summed E-state index contributed by atoms with van der Waals surface area (Å²) in [6, 6.07) is 5.60. The summed E-state index contributed by atoms with van der Waals surface area (Å²) in [6.07, 6.45) is 5.26. The van der Waals surface area contributed by atoms with Gasteiger partial charge in [0.2, 0.25) is 0 Å². The highest BCUT2D eigenvalue weighted by molar-refractivity contribution is 7.91. The topological polar surface area (TPSA) is 61.2 Å². The minimum Gasteiger partial charge on any atom is -0.494 e. The number of aryl methyl sites for hydroxylation is 1. The molecule has 1 fully saturated rings. The van der Waals surface area contributed by atoms with E-state index in [1.54, 1.807) is 6.07 Å². The molecule has 24 heavy (non-hydrogen) atoms. The number of sulfone groups is 1. The van der Waals surface area contributed by atoms with E-state index in [4.69, 9.17) is 16.3 Å². The van der Waals surface area contributed by atoms with Crippen LogP contribution >= 0.6 is 11.6 Å². The van der Waals surface area contributed by atoms with Gasteiger partial charge in [-0.25, -0.2) is 8.42 Å². The quantitative estimate of drug-likeness (QED) is 0.783. The first-order chi connectivity index (χ1) is 11.4. The molecule has 1 unspecified atom stereocenters. The number of nitrogens with zero attached hydrogens (tertiary/aromatic N) is 2. The predicted molar refractivity (Wildman–Crippen MR) is 95.2 cm³/mol. The van der Waals surface area contributed by atoms with Gasteiger partial charge in [-0.3, -0.25) is 4.68 Å². The van der Waals surface area contributed by atoms with E-state index in [-0.39, 0.29) is 11.7 Å². The largest absolute Gasteiger partial charge is 0.494 e. The summed E-state index contributed by atoms with van der Waals surface area (Å²) < 4.78 is 30.6. The molecule has 1 aromatic carbocycles. The van der Waals surface area contributed by atoms with Gasteiger partial charge in [-0.05, 0) is 49.4 Å². The fraction of sp³-hybridized carbons (Fsp3) is 0.471. The van der Waals surface area contributed by atoms with Crippen LogP contribution in [-0.4, -0.2) is 36.3 Å². The molecule has 1 aliphatic heterocycles. The predicted octanol–water partition coefficient (Wildman–Crippen LogP) is 3.43. The summed E-state index contributed by atoms with van der Waals surface area (Å²) in [5, 5.41) is 4.88. The second-order valence-electron chi connectivity index (χ2n) is 6.17. The lowest BCUT2D eigenvalue weighted by Gasteiger charge is -2.11. The zero-order valence-corrected chi connectivity index (χ0v) is 15.2. The van der Waals surface area contributed by atoms with Gasteiger partial charge in [0.1, 0.15) is 5.75 Å². The molecule has 1 atom stereocenters. The highest BCUT2D eigenvalue weighted by Gasteiger charge is 2.27. The van der Waals surface area contributed by atoms with Crippen LogP contribution in [0.1, 0.15) is 19.8 Å². The van der Waals surface area contributed by atoms with E-state index in [0.29, 0.717) is 23.1 Å². The zero-order chi connectivity index (χ0) is 17.2. The van der Waals surface area contributed by atoms with Gasteiger partial charge in [-0.1, -0.05) is 11.6 Å². The Bertz CT molecular complexity index is 817. The first-order valence-corrected chi connectivity index (χ1v) is 10.3. The second kappa shape index (κ2) is 7.15. The monoisotopic (exact) mass is 368 g/mol. The van der Waals surface area contributed by atoms with Crippen LogP contribution in [0.2, 0.25) is 5.02 Å². The van der Waals surface area contributed by atoms with E-state index in [0.717, 1.165) is 30.5 Å². The Morgan fingerprint density at radius 3 is 2.83 bits per heavy atom. The normalized spacial score (nSPS) is 19.5. The number of ether oxygens (including phenoxy) is 1. The van der Waals surface area contributed by atoms with Crippen molar-refractivity contribution in [1.29, 1.82) is 0 Å². The van der Waals surface area contributed by atoms with Crippen LogP contribution in [0.25, 0.3) is 11.1 Å². The summed E-state index contributed by atoms with van der Waals surface area (Å²) >= 11 is 6.20. The Balaban J connectivity index is 1.63. The SMILES string of the molecule is CCn1cc(-c2cc(Cl)cc(OCCC3CCS(=O)(=O)C3)c2)cn1. The number of benzene rings is 1. The van der Waals surface area contributed by atoms with E-state index >= 15 is 0 Å². The standard InChI is InChI=1S/C17H21ClN2O3S/c1-2-20-11-15(10-19-20)14-7-16(18)9-17(8-14)23-5-3-13-4-6-24(21,22)12-13/h7-11,13H,2-6,12H2,1H3. The van der Waals surface area contributed by atoms with Crippen molar-refractivity contribution >= 4 is 21.4 Å².